The molecule has 1 nitrogen and oxygen atoms in total. The second kappa shape index (κ2) is 4.12. The molecule has 0 atom stereocenters. The summed E-state index contributed by atoms with van der Waals surface area (Å²) in [6.07, 6.45) is 3.80. The average Bonchev–Trinajstić information content (AvgIpc) is 2.03. The van der Waals surface area contributed by atoms with Crippen LogP contribution in [0, 0.1) is 0 Å². The summed E-state index contributed by atoms with van der Waals surface area (Å²) in [6.45, 7) is 2.00. The molecule has 1 aromatic heterocycles. The Morgan fingerprint density at radius 2 is 2.40 bits per heavy atom. The highest BCUT2D eigenvalue weighted by molar-refractivity contribution is 8.02. The summed E-state index contributed by atoms with van der Waals surface area (Å²) in [5.41, 5.74) is 0. The van der Waals surface area contributed by atoms with Crippen LogP contribution in [0.2, 0.25) is 0 Å². The minimum absolute atomic E-state index is 1.04. The fourth-order valence-electron chi connectivity index (χ4n) is 0.555. The van der Waals surface area contributed by atoms with E-state index >= 15 is 0 Å². The van der Waals surface area contributed by atoms with Crippen molar-refractivity contribution in [3.63, 3.8) is 0 Å². The number of hydrogen-bond acceptors (Lipinski definition) is 2. The molecule has 1 heterocycles. The molecule has 0 spiro atoms. The summed E-state index contributed by atoms with van der Waals surface area (Å²) in [6, 6.07) is 5.89. The lowest BCUT2D eigenvalue weighted by molar-refractivity contribution is 1.14. The molecule has 0 unspecified atom stereocenters. The van der Waals surface area contributed by atoms with Crippen molar-refractivity contribution in [3.8, 4) is 0 Å². The monoisotopic (exact) mass is 151 g/mol. The average molecular weight is 151 g/mol. The van der Waals surface area contributed by atoms with Gasteiger partial charge in [-0.1, -0.05) is 23.9 Å². The minimum Gasteiger partial charge on any atom is -0.250 e. The quantitative estimate of drug-likeness (QED) is 0.603. The SMILES string of the molecule is C/C=C/Sc1ccccn1. The molecule has 0 aromatic carbocycles. The van der Waals surface area contributed by atoms with Gasteiger partial charge in [0.25, 0.3) is 0 Å². The summed E-state index contributed by atoms with van der Waals surface area (Å²) < 4.78 is 0. The molecule has 0 saturated carbocycles. The number of nitrogens with zero attached hydrogens (tertiary/aromatic N) is 1. The molecule has 2 heteroatoms. The lowest BCUT2D eigenvalue weighted by atomic mass is 10.5. The van der Waals surface area contributed by atoms with Crippen LogP contribution in [0.1, 0.15) is 6.92 Å². The number of rotatable bonds is 2. The van der Waals surface area contributed by atoms with Crippen LogP contribution >= 0.6 is 11.8 Å². The van der Waals surface area contributed by atoms with Crippen molar-refractivity contribution in [1.29, 1.82) is 0 Å². The predicted octanol–water partition coefficient (Wildman–Crippen LogP) is 2.71. The van der Waals surface area contributed by atoms with Crippen LogP contribution < -0.4 is 0 Å². The van der Waals surface area contributed by atoms with E-state index in [9.17, 15) is 0 Å². The maximum Gasteiger partial charge on any atom is 0.100 e. The summed E-state index contributed by atoms with van der Waals surface area (Å²) in [7, 11) is 0. The second-order valence-electron chi connectivity index (χ2n) is 1.76. The summed E-state index contributed by atoms with van der Waals surface area (Å²) in [4.78, 5) is 4.13. The third-order valence-corrected chi connectivity index (χ3v) is 1.85. The van der Waals surface area contributed by atoms with E-state index < -0.39 is 0 Å². The first-order valence-corrected chi connectivity index (χ1v) is 4.00. The van der Waals surface area contributed by atoms with Gasteiger partial charge in [0.2, 0.25) is 0 Å². The Labute approximate surface area is 65.2 Å². The Balaban J connectivity index is 2.59. The summed E-state index contributed by atoms with van der Waals surface area (Å²) in [5.74, 6) is 0. The van der Waals surface area contributed by atoms with Crippen molar-refractivity contribution in [2.45, 2.75) is 11.9 Å². The van der Waals surface area contributed by atoms with Gasteiger partial charge in [-0.15, -0.1) is 0 Å². The van der Waals surface area contributed by atoms with Crippen molar-refractivity contribution in [2.75, 3.05) is 0 Å². The fourth-order valence-corrected chi connectivity index (χ4v) is 1.11. The molecule has 52 valence electrons. The first-order chi connectivity index (χ1) is 4.93. The van der Waals surface area contributed by atoms with E-state index in [1.165, 1.54) is 0 Å². The number of allylic oxidation sites excluding steroid dienone is 1. The fraction of sp³-hybridized carbons (Fsp3) is 0.125. The Kier molecular flexibility index (Phi) is 3.03. The maximum absolute atomic E-state index is 4.13. The van der Waals surface area contributed by atoms with Gasteiger partial charge in [0, 0.05) is 6.20 Å². The van der Waals surface area contributed by atoms with Crippen LogP contribution in [0.3, 0.4) is 0 Å². The first kappa shape index (κ1) is 7.35. The molecule has 0 aliphatic heterocycles. The van der Waals surface area contributed by atoms with Crippen molar-refractivity contribution < 1.29 is 0 Å². The summed E-state index contributed by atoms with van der Waals surface area (Å²) in [5, 5.41) is 3.06. The lowest BCUT2D eigenvalue weighted by Gasteiger charge is -1.90. The normalized spacial score (nSPS) is 10.5. The van der Waals surface area contributed by atoms with Gasteiger partial charge in [-0.3, -0.25) is 0 Å². The van der Waals surface area contributed by atoms with Crippen LogP contribution in [0.4, 0.5) is 0 Å². The zero-order valence-corrected chi connectivity index (χ0v) is 6.64. The van der Waals surface area contributed by atoms with E-state index in [0.29, 0.717) is 0 Å². The highest BCUT2D eigenvalue weighted by atomic mass is 32.2. The van der Waals surface area contributed by atoms with E-state index in [4.69, 9.17) is 0 Å². The molecule has 0 saturated heterocycles. The largest absolute Gasteiger partial charge is 0.250 e. The van der Waals surface area contributed by atoms with Crippen molar-refractivity contribution in [3.05, 3.63) is 35.9 Å². The standard InChI is InChI=1S/C8H9NS/c1-2-7-10-8-5-3-4-6-9-8/h2-7H,1H3/b7-2+. The third kappa shape index (κ3) is 2.23. The highest BCUT2D eigenvalue weighted by Gasteiger charge is 1.85. The van der Waals surface area contributed by atoms with Gasteiger partial charge >= 0.3 is 0 Å². The van der Waals surface area contributed by atoms with Crippen LogP contribution in [-0.2, 0) is 0 Å². The smallest absolute Gasteiger partial charge is 0.100 e. The Morgan fingerprint density at radius 3 is 3.00 bits per heavy atom. The molecule has 0 fully saturated rings. The van der Waals surface area contributed by atoms with Gasteiger partial charge in [-0.25, -0.2) is 4.98 Å². The van der Waals surface area contributed by atoms with Crippen molar-refractivity contribution in [2.24, 2.45) is 0 Å². The van der Waals surface area contributed by atoms with E-state index in [1.807, 2.05) is 36.6 Å². The topological polar surface area (TPSA) is 12.9 Å². The molecule has 0 N–H and O–H groups in total. The Hall–Kier alpha value is -0.760. The molecule has 0 bridgehead atoms. The van der Waals surface area contributed by atoms with Gasteiger partial charge in [-0.2, -0.15) is 0 Å². The molecule has 1 aromatic rings. The van der Waals surface area contributed by atoms with Gasteiger partial charge < -0.3 is 0 Å². The van der Waals surface area contributed by atoms with Crippen molar-refractivity contribution in [1.82, 2.24) is 4.98 Å². The molecule has 10 heavy (non-hydrogen) atoms. The minimum atomic E-state index is 1.04. The molecular formula is C8H9NS. The first-order valence-electron chi connectivity index (χ1n) is 3.12. The van der Waals surface area contributed by atoms with E-state index in [-0.39, 0.29) is 0 Å². The Morgan fingerprint density at radius 1 is 1.50 bits per heavy atom. The predicted molar refractivity (Wildman–Crippen MR) is 44.9 cm³/mol. The van der Waals surface area contributed by atoms with Gasteiger partial charge in [0.1, 0.15) is 5.03 Å². The molecule has 0 aliphatic rings. The third-order valence-electron chi connectivity index (χ3n) is 0.963. The van der Waals surface area contributed by atoms with Gasteiger partial charge in [0.05, 0.1) is 0 Å². The van der Waals surface area contributed by atoms with E-state index in [2.05, 4.69) is 4.98 Å². The van der Waals surface area contributed by atoms with Crippen LogP contribution in [0.25, 0.3) is 0 Å². The van der Waals surface area contributed by atoms with E-state index in [0.717, 1.165) is 5.03 Å². The second-order valence-corrected chi connectivity index (χ2v) is 2.68. The zero-order chi connectivity index (χ0) is 7.23. The molecule has 0 radical (unpaired) electrons. The number of hydrogen-bond donors (Lipinski definition) is 0. The number of aromatic nitrogens is 1. The van der Waals surface area contributed by atoms with Gasteiger partial charge in [-0.05, 0) is 24.5 Å². The zero-order valence-electron chi connectivity index (χ0n) is 5.82. The van der Waals surface area contributed by atoms with Crippen molar-refractivity contribution >= 4 is 11.8 Å². The van der Waals surface area contributed by atoms with Gasteiger partial charge in [0.15, 0.2) is 0 Å². The molecule has 1 rings (SSSR count). The maximum atomic E-state index is 4.13. The number of thioether (sulfide) groups is 1. The highest BCUT2D eigenvalue weighted by Crippen LogP contribution is 2.14. The van der Waals surface area contributed by atoms with E-state index in [1.54, 1.807) is 18.0 Å². The molecular weight excluding hydrogens is 142 g/mol. The number of pyridine rings is 1. The molecule has 0 amide bonds. The lowest BCUT2D eigenvalue weighted by Crippen LogP contribution is -1.71. The summed E-state index contributed by atoms with van der Waals surface area (Å²) >= 11 is 1.63. The Bertz CT molecular complexity index is 206. The van der Waals surface area contributed by atoms with Crippen LogP contribution in [0.15, 0.2) is 40.9 Å². The van der Waals surface area contributed by atoms with Crippen LogP contribution in [0.5, 0.6) is 0 Å². The van der Waals surface area contributed by atoms with Crippen LogP contribution in [-0.4, -0.2) is 4.98 Å². The molecule has 0 aliphatic carbocycles.